The topological polar surface area (TPSA) is 155 Å². The molecule has 194 valence electrons. The average Bonchev–Trinajstić information content (AvgIpc) is 2.54. The Labute approximate surface area is 215 Å². The Hall–Kier alpha value is -1.09. The van der Waals surface area contributed by atoms with Gasteiger partial charge >= 0.3 is 21.7 Å². The molecule has 2 N–H and O–H groups in total. The molecular weight excluding hydrogens is 464 g/mol. The Kier molecular flexibility index (Phi) is 23.3. The molecule has 0 rings (SSSR count). The number of rotatable bonds is 8. The predicted octanol–water partition coefficient (Wildman–Crippen LogP) is 1.82. The summed E-state index contributed by atoms with van der Waals surface area (Å²) in [6.07, 6.45) is 1.23. The normalized spacial score (nSPS) is 11.1. The van der Waals surface area contributed by atoms with Gasteiger partial charge in [0, 0.05) is 0 Å². The zero-order valence-electron chi connectivity index (χ0n) is 22.7. The van der Waals surface area contributed by atoms with Gasteiger partial charge in [0.05, 0.1) is 34.0 Å². The second-order valence-electron chi connectivity index (χ2n) is 9.61. The first-order valence-corrected chi connectivity index (χ1v) is 10.9. The van der Waals surface area contributed by atoms with Gasteiger partial charge in [0.25, 0.3) is 0 Å². The Morgan fingerprint density at radius 2 is 0.697 bits per heavy atom. The predicted molar refractivity (Wildman–Crippen MR) is 121 cm³/mol. The molecule has 0 aliphatic rings. The van der Waals surface area contributed by atoms with Crippen LogP contribution in [-0.4, -0.2) is 44.9 Å². The summed E-state index contributed by atoms with van der Waals surface area (Å²) in [5.74, 6) is -3.14. The largest absolute Gasteiger partial charge is 2.00 e. The summed E-state index contributed by atoms with van der Waals surface area (Å²) >= 11 is 0. The van der Waals surface area contributed by atoms with Gasteiger partial charge in [-0.3, -0.25) is 9.59 Å². The van der Waals surface area contributed by atoms with Crippen molar-refractivity contribution < 1.29 is 61.3 Å². The molecule has 0 spiro atoms. The quantitative estimate of drug-likeness (QED) is 0.370. The molecule has 0 saturated heterocycles. The van der Waals surface area contributed by atoms with Crippen molar-refractivity contribution in [2.75, 3.05) is 0 Å². The summed E-state index contributed by atoms with van der Waals surface area (Å²) in [7, 11) is 0. The number of Topliss-reactive ketones (excluding diaryl/α,β-unsaturated/α-hetero) is 2. The van der Waals surface area contributed by atoms with Crippen molar-refractivity contribution in [3.8, 4) is 0 Å². The summed E-state index contributed by atoms with van der Waals surface area (Å²) in [6, 6.07) is 0. The Balaban J connectivity index is -0.000000112. The van der Waals surface area contributed by atoms with Crippen molar-refractivity contribution in [2.45, 2.75) is 120 Å². The van der Waals surface area contributed by atoms with E-state index in [1.165, 1.54) is 13.8 Å². The number of carbonyl (C=O) groups excluding carboxylic acids is 4. The van der Waals surface area contributed by atoms with Gasteiger partial charge in [0.2, 0.25) is 0 Å². The van der Waals surface area contributed by atoms with Crippen LogP contribution in [0.15, 0.2) is 0 Å². The van der Waals surface area contributed by atoms with E-state index in [9.17, 15) is 29.4 Å². The van der Waals surface area contributed by atoms with E-state index in [0.717, 1.165) is 0 Å². The fraction of sp³-hybridized carbons (Fsp3) is 0.833. The monoisotopic (exact) mass is 510 g/mol. The van der Waals surface area contributed by atoms with Gasteiger partial charge < -0.3 is 30.0 Å². The number of carboxylic acid groups (broad SMARTS) is 2. The molecule has 0 aromatic rings. The van der Waals surface area contributed by atoms with Crippen LogP contribution in [0.5, 0.6) is 0 Å². The smallest absolute Gasteiger partial charge is 0.549 e. The summed E-state index contributed by atoms with van der Waals surface area (Å²) in [5, 5.41) is 38.2. The molecule has 0 saturated carbocycles. The van der Waals surface area contributed by atoms with Crippen molar-refractivity contribution >= 4 is 23.5 Å². The van der Waals surface area contributed by atoms with Crippen LogP contribution in [0.4, 0.5) is 0 Å². The van der Waals surface area contributed by atoms with Crippen LogP contribution in [0.3, 0.4) is 0 Å². The molecule has 0 bridgehead atoms. The van der Waals surface area contributed by atoms with Gasteiger partial charge in [-0.1, -0.05) is 27.7 Å². The van der Waals surface area contributed by atoms with Crippen LogP contribution in [0.25, 0.3) is 0 Å². The standard InChI is InChI=1S/2C8H14O3.2C4H10O.Ti/c2*1-4-8(5-2,6(3)9)7(10)11;2*1-4(2,3)5;/h2*4-5H2,1-3H3,(H,10,11);2*5H,1-3H3;/q;;;;+2/p-2. The SMILES string of the molecule is CC(C)(C)O.CC(C)(C)O.CCC(CC)(C(C)=O)C(=O)[O-].CCC(CC)(C(C)=O)C(=O)[O-].[Ti+2]. The number of carboxylic acids is 2. The van der Waals surface area contributed by atoms with Crippen LogP contribution in [0.1, 0.15) is 109 Å². The number of aliphatic carboxylic acids is 2. The Bertz CT molecular complexity index is 482. The summed E-state index contributed by atoms with van der Waals surface area (Å²) < 4.78 is 0. The molecule has 0 aliphatic carbocycles. The average molecular weight is 510 g/mol. The molecular formula is C24H46O8Ti. The molecule has 0 aliphatic heterocycles. The van der Waals surface area contributed by atoms with Crippen molar-refractivity contribution in [1.29, 1.82) is 0 Å². The molecule has 0 unspecified atom stereocenters. The molecule has 0 atom stereocenters. The molecule has 0 aromatic heterocycles. The molecule has 0 amide bonds. The molecule has 0 fully saturated rings. The molecule has 8 nitrogen and oxygen atoms in total. The Morgan fingerprint density at radius 3 is 0.697 bits per heavy atom. The third kappa shape index (κ3) is 21.2. The number of hydrogen-bond donors (Lipinski definition) is 2. The maximum atomic E-state index is 10.9. The van der Waals surface area contributed by atoms with Crippen LogP contribution in [0.2, 0.25) is 0 Å². The van der Waals surface area contributed by atoms with E-state index in [2.05, 4.69) is 0 Å². The zero-order chi connectivity index (χ0) is 27.1. The molecule has 9 heteroatoms. The maximum absolute atomic E-state index is 10.9. The maximum Gasteiger partial charge on any atom is 2.00 e. The number of ketones is 2. The van der Waals surface area contributed by atoms with Crippen LogP contribution >= 0.6 is 0 Å². The molecule has 0 aromatic carbocycles. The van der Waals surface area contributed by atoms with Crippen molar-refractivity contribution in [3.63, 3.8) is 0 Å². The van der Waals surface area contributed by atoms with Gasteiger partial charge in [-0.05, 0) is 81.1 Å². The number of carbonyl (C=O) groups is 4. The minimum absolute atomic E-state index is 0. The van der Waals surface area contributed by atoms with Gasteiger partial charge in [-0.2, -0.15) is 0 Å². The van der Waals surface area contributed by atoms with Crippen molar-refractivity contribution in [3.05, 3.63) is 0 Å². The van der Waals surface area contributed by atoms with Gasteiger partial charge in [-0.25, -0.2) is 0 Å². The molecule has 33 heavy (non-hydrogen) atoms. The third-order valence-corrected chi connectivity index (χ3v) is 4.54. The molecule has 0 radical (unpaired) electrons. The van der Waals surface area contributed by atoms with E-state index in [-0.39, 0.29) is 33.3 Å². The van der Waals surface area contributed by atoms with Crippen LogP contribution in [-0.2, 0) is 40.9 Å². The van der Waals surface area contributed by atoms with E-state index >= 15 is 0 Å². The van der Waals surface area contributed by atoms with E-state index in [1.54, 1.807) is 69.2 Å². The second-order valence-corrected chi connectivity index (χ2v) is 9.61. The Morgan fingerprint density at radius 1 is 0.576 bits per heavy atom. The van der Waals surface area contributed by atoms with Crippen molar-refractivity contribution in [2.24, 2.45) is 10.8 Å². The van der Waals surface area contributed by atoms with E-state index in [4.69, 9.17) is 10.2 Å². The van der Waals surface area contributed by atoms with E-state index < -0.39 is 34.0 Å². The summed E-state index contributed by atoms with van der Waals surface area (Å²) in [5.41, 5.74) is -3.50. The first-order valence-electron chi connectivity index (χ1n) is 10.9. The third-order valence-electron chi connectivity index (χ3n) is 4.54. The zero-order valence-corrected chi connectivity index (χ0v) is 24.2. The minimum Gasteiger partial charge on any atom is -0.549 e. The van der Waals surface area contributed by atoms with E-state index in [1.807, 2.05) is 0 Å². The minimum atomic E-state index is -1.25. The first kappa shape index (κ1) is 42.1. The van der Waals surface area contributed by atoms with Crippen LogP contribution < -0.4 is 10.2 Å². The fourth-order valence-corrected chi connectivity index (χ4v) is 2.36. The van der Waals surface area contributed by atoms with Crippen molar-refractivity contribution in [1.82, 2.24) is 0 Å². The van der Waals surface area contributed by atoms with Gasteiger partial charge in [-0.15, -0.1) is 0 Å². The summed E-state index contributed by atoms with van der Waals surface area (Å²) in [6.45, 7) is 19.8. The fourth-order valence-electron chi connectivity index (χ4n) is 2.36. The molecule has 0 heterocycles. The number of hydrogen-bond acceptors (Lipinski definition) is 8. The van der Waals surface area contributed by atoms with Crippen LogP contribution in [0, 0.1) is 10.8 Å². The van der Waals surface area contributed by atoms with Gasteiger partial charge in [0.1, 0.15) is 11.6 Å². The second kappa shape index (κ2) is 18.3. The summed E-state index contributed by atoms with van der Waals surface area (Å²) in [4.78, 5) is 43.1. The van der Waals surface area contributed by atoms with E-state index in [0.29, 0.717) is 25.7 Å². The first-order chi connectivity index (χ1) is 14.0. The van der Waals surface area contributed by atoms with Gasteiger partial charge in [0.15, 0.2) is 0 Å². The number of aliphatic hydroxyl groups is 2.